The Balaban J connectivity index is 1.75. The van der Waals surface area contributed by atoms with Crippen molar-refractivity contribution in [3.05, 3.63) is 65.4 Å². The Morgan fingerprint density at radius 1 is 1.00 bits per heavy atom. The highest BCUT2D eigenvalue weighted by Crippen LogP contribution is 2.25. The van der Waals surface area contributed by atoms with Crippen molar-refractivity contribution in [2.45, 2.75) is 40.2 Å². The number of para-hydroxylation sites is 1. The van der Waals surface area contributed by atoms with Crippen LogP contribution in [0.15, 0.2) is 48.5 Å². The molecule has 2 aromatic carbocycles. The summed E-state index contributed by atoms with van der Waals surface area (Å²) in [5.74, 6) is -1.19. The molecule has 2 N–H and O–H groups in total. The molecule has 0 saturated carbocycles. The number of carbonyl (C=O) groups is 3. The summed E-state index contributed by atoms with van der Waals surface area (Å²) in [6, 6.07) is 14.0. The summed E-state index contributed by atoms with van der Waals surface area (Å²) in [6.45, 7) is 6.77. The highest BCUT2D eigenvalue weighted by molar-refractivity contribution is 6.06. The van der Waals surface area contributed by atoms with Gasteiger partial charge in [-0.1, -0.05) is 25.1 Å². The van der Waals surface area contributed by atoms with Crippen LogP contribution in [0, 0.1) is 6.92 Å². The van der Waals surface area contributed by atoms with E-state index in [2.05, 4.69) is 15.6 Å². The first-order valence-corrected chi connectivity index (χ1v) is 10.1. The zero-order valence-electron chi connectivity index (χ0n) is 18.0. The van der Waals surface area contributed by atoms with Crippen LogP contribution in [0.5, 0.6) is 0 Å². The van der Waals surface area contributed by atoms with Crippen molar-refractivity contribution in [2.75, 3.05) is 10.6 Å². The van der Waals surface area contributed by atoms with Gasteiger partial charge in [-0.3, -0.25) is 14.6 Å². The van der Waals surface area contributed by atoms with Crippen molar-refractivity contribution in [1.82, 2.24) is 4.98 Å². The molecule has 0 aliphatic rings. The summed E-state index contributed by atoms with van der Waals surface area (Å²) >= 11 is 0. The first-order chi connectivity index (χ1) is 14.8. The average molecular weight is 419 g/mol. The third-order valence-corrected chi connectivity index (χ3v) is 4.90. The first kappa shape index (κ1) is 22.0. The van der Waals surface area contributed by atoms with Gasteiger partial charge >= 0.3 is 5.97 Å². The average Bonchev–Trinajstić information content (AvgIpc) is 2.74. The maximum absolute atomic E-state index is 13.0. The molecule has 3 rings (SSSR count). The molecule has 0 aliphatic carbocycles. The molecule has 0 saturated heterocycles. The van der Waals surface area contributed by atoms with Gasteiger partial charge in [-0.25, -0.2) is 4.79 Å². The lowest BCUT2D eigenvalue weighted by Gasteiger charge is -2.17. The predicted molar refractivity (Wildman–Crippen MR) is 120 cm³/mol. The number of esters is 1. The summed E-state index contributed by atoms with van der Waals surface area (Å²) in [4.78, 5) is 41.3. The van der Waals surface area contributed by atoms with E-state index in [-0.39, 0.29) is 5.91 Å². The van der Waals surface area contributed by atoms with Gasteiger partial charge in [0, 0.05) is 29.4 Å². The standard InChI is InChI=1S/C24H25N3O4/c1-5-20-14(2)22(19-8-6-7-9-21(19)27-20)24(30)31-15(3)23(29)26-18-12-10-17(11-13-18)25-16(4)28/h6-13,15H,5H2,1-4H3,(H,25,28)(H,26,29)/t15-/m1/s1. The minimum Gasteiger partial charge on any atom is -0.449 e. The second-order valence-corrected chi connectivity index (χ2v) is 7.22. The monoisotopic (exact) mass is 419 g/mol. The van der Waals surface area contributed by atoms with Crippen LogP contribution in [-0.2, 0) is 20.7 Å². The molecule has 7 nitrogen and oxygen atoms in total. The van der Waals surface area contributed by atoms with E-state index >= 15 is 0 Å². The molecular weight excluding hydrogens is 394 g/mol. The summed E-state index contributed by atoms with van der Waals surface area (Å²) in [6.07, 6.45) is -0.319. The van der Waals surface area contributed by atoms with E-state index in [1.807, 2.05) is 38.1 Å². The Labute approximate surface area is 180 Å². The fraction of sp³-hybridized carbons (Fsp3) is 0.250. The van der Waals surface area contributed by atoms with Gasteiger partial charge in [0.1, 0.15) is 0 Å². The molecule has 0 spiro atoms. The smallest absolute Gasteiger partial charge is 0.339 e. The Morgan fingerprint density at radius 3 is 2.23 bits per heavy atom. The van der Waals surface area contributed by atoms with Crippen molar-refractivity contribution in [3.63, 3.8) is 0 Å². The molecule has 0 unspecified atom stereocenters. The number of aryl methyl sites for hydroxylation is 1. The summed E-state index contributed by atoms with van der Waals surface area (Å²) in [5.41, 5.74) is 3.88. The van der Waals surface area contributed by atoms with E-state index in [0.717, 1.165) is 11.3 Å². The number of fused-ring (bicyclic) bond motifs is 1. The zero-order valence-corrected chi connectivity index (χ0v) is 18.0. The lowest BCUT2D eigenvalue weighted by Crippen LogP contribution is -2.30. The second kappa shape index (κ2) is 9.38. The van der Waals surface area contributed by atoms with Crippen molar-refractivity contribution in [2.24, 2.45) is 0 Å². The Morgan fingerprint density at radius 2 is 1.61 bits per heavy atom. The molecule has 3 aromatic rings. The van der Waals surface area contributed by atoms with Crippen molar-refractivity contribution < 1.29 is 19.1 Å². The van der Waals surface area contributed by atoms with Crippen LogP contribution in [0.1, 0.15) is 42.4 Å². The maximum Gasteiger partial charge on any atom is 0.339 e. The van der Waals surface area contributed by atoms with Gasteiger partial charge in [0.15, 0.2) is 6.10 Å². The van der Waals surface area contributed by atoms with Gasteiger partial charge in [-0.15, -0.1) is 0 Å². The predicted octanol–water partition coefficient (Wildman–Crippen LogP) is 4.25. The Bertz CT molecular complexity index is 1140. The summed E-state index contributed by atoms with van der Waals surface area (Å²) in [7, 11) is 0. The molecule has 160 valence electrons. The third-order valence-electron chi connectivity index (χ3n) is 4.90. The molecule has 0 radical (unpaired) electrons. The zero-order chi connectivity index (χ0) is 22.5. The van der Waals surface area contributed by atoms with Crippen LogP contribution in [0.3, 0.4) is 0 Å². The number of nitrogens with one attached hydrogen (secondary N) is 2. The highest BCUT2D eigenvalue weighted by Gasteiger charge is 2.23. The fourth-order valence-corrected chi connectivity index (χ4v) is 3.32. The molecule has 1 heterocycles. The molecule has 0 aliphatic heterocycles. The number of amides is 2. The van der Waals surface area contributed by atoms with E-state index in [0.29, 0.717) is 34.3 Å². The van der Waals surface area contributed by atoms with E-state index in [9.17, 15) is 14.4 Å². The first-order valence-electron chi connectivity index (χ1n) is 10.1. The molecular formula is C24H25N3O4. The van der Waals surface area contributed by atoms with Gasteiger partial charge < -0.3 is 15.4 Å². The highest BCUT2D eigenvalue weighted by atomic mass is 16.5. The molecule has 2 amide bonds. The van der Waals surface area contributed by atoms with Crippen molar-refractivity contribution in [1.29, 1.82) is 0 Å². The Kier molecular flexibility index (Phi) is 6.65. The lowest BCUT2D eigenvalue weighted by molar-refractivity contribution is -0.123. The number of hydrogen-bond donors (Lipinski definition) is 2. The van der Waals surface area contributed by atoms with Gasteiger partial charge in [0.25, 0.3) is 5.91 Å². The van der Waals surface area contributed by atoms with Crippen molar-refractivity contribution >= 4 is 40.1 Å². The topological polar surface area (TPSA) is 97.4 Å². The van der Waals surface area contributed by atoms with Crippen LogP contribution >= 0.6 is 0 Å². The van der Waals surface area contributed by atoms with E-state index in [1.54, 1.807) is 24.3 Å². The van der Waals surface area contributed by atoms with Gasteiger partial charge in [-0.05, 0) is 56.2 Å². The molecule has 0 fully saturated rings. The van der Waals surface area contributed by atoms with Gasteiger partial charge in [0.2, 0.25) is 5.91 Å². The number of pyridine rings is 1. The molecule has 31 heavy (non-hydrogen) atoms. The quantitative estimate of drug-likeness (QED) is 0.582. The Hall–Kier alpha value is -3.74. The van der Waals surface area contributed by atoms with Gasteiger partial charge in [-0.2, -0.15) is 0 Å². The third kappa shape index (κ3) is 5.06. The molecule has 1 atom stereocenters. The lowest BCUT2D eigenvalue weighted by atomic mass is 10.0. The van der Waals surface area contributed by atoms with Crippen LogP contribution in [0.2, 0.25) is 0 Å². The normalized spacial score (nSPS) is 11.6. The number of rotatable bonds is 6. The fourth-order valence-electron chi connectivity index (χ4n) is 3.32. The van der Waals surface area contributed by atoms with Crippen molar-refractivity contribution in [3.8, 4) is 0 Å². The van der Waals surface area contributed by atoms with E-state index in [1.165, 1.54) is 13.8 Å². The number of nitrogens with zero attached hydrogens (tertiary/aromatic N) is 1. The van der Waals surface area contributed by atoms with E-state index in [4.69, 9.17) is 4.74 Å². The summed E-state index contributed by atoms with van der Waals surface area (Å²) < 4.78 is 5.50. The van der Waals surface area contributed by atoms with E-state index < -0.39 is 18.0 Å². The number of hydrogen-bond acceptors (Lipinski definition) is 5. The van der Waals surface area contributed by atoms with Crippen LogP contribution in [-0.4, -0.2) is 28.9 Å². The number of anilines is 2. The second-order valence-electron chi connectivity index (χ2n) is 7.22. The largest absolute Gasteiger partial charge is 0.449 e. The SMILES string of the molecule is CCc1nc2ccccc2c(C(=O)O[C@H](C)C(=O)Nc2ccc(NC(C)=O)cc2)c1C. The maximum atomic E-state index is 13.0. The summed E-state index contributed by atoms with van der Waals surface area (Å²) in [5, 5.41) is 6.07. The minimum absolute atomic E-state index is 0.178. The molecule has 7 heteroatoms. The number of benzene rings is 2. The minimum atomic E-state index is -1.00. The van der Waals surface area contributed by atoms with Crippen LogP contribution < -0.4 is 10.6 Å². The molecule has 1 aromatic heterocycles. The number of ether oxygens (including phenoxy) is 1. The van der Waals surface area contributed by atoms with Crippen LogP contribution in [0.25, 0.3) is 10.9 Å². The number of aromatic nitrogens is 1. The van der Waals surface area contributed by atoms with Crippen LogP contribution in [0.4, 0.5) is 11.4 Å². The molecule has 0 bridgehead atoms. The number of carbonyl (C=O) groups excluding carboxylic acids is 3. The van der Waals surface area contributed by atoms with Gasteiger partial charge in [0.05, 0.1) is 11.1 Å².